The van der Waals surface area contributed by atoms with Crippen molar-refractivity contribution in [3.05, 3.63) is 54.0 Å². The number of rotatable bonds is 4. The maximum atomic E-state index is 6.01. The molecule has 0 atom stereocenters. The van der Waals surface area contributed by atoms with E-state index in [4.69, 9.17) is 11.6 Å². The van der Waals surface area contributed by atoms with Crippen LogP contribution in [0, 0.1) is 0 Å². The Kier molecular flexibility index (Phi) is 3.80. The van der Waals surface area contributed by atoms with E-state index < -0.39 is 0 Å². The summed E-state index contributed by atoms with van der Waals surface area (Å²) in [7, 11) is 3.97. The fraction of sp³-hybridized carbons (Fsp3) is 0.250. The van der Waals surface area contributed by atoms with E-state index in [-0.39, 0.29) is 0 Å². The third-order valence-electron chi connectivity index (χ3n) is 3.54. The summed E-state index contributed by atoms with van der Waals surface area (Å²) in [6.07, 6.45) is 5.77. The van der Waals surface area contributed by atoms with Crippen molar-refractivity contribution in [3.8, 4) is 0 Å². The van der Waals surface area contributed by atoms with Crippen LogP contribution in [0.4, 0.5) is 5.82 Å². The molecule has 4 nitrogen and oxygen atoms in total. The monoisotopic (exact) mass is 300 g/mol. The lowest BCUT2D eigenvalue weighted by molar-refractivity contribution is 0.766. The van der Waals surface area contributed by atoms with Gasteiger partial charge in [-0.3, -0.25) is 4.68 Å². The van der Waals surface area contributed by atoms with Crippen LogP contribution in [-0.4, -0.2) is 21.8 Å². The van der Waals surface area contributed by atoms with Gasteiger partial charge in [0.05, 0.1) is 6.20 Å². The first-order chi connectivity index (χ1) is 10.2. The van der Waals surface area contributed by atoms with Gasteiger partial charge in [-0.05, 0) is 10.9 Å². The third-order valence-corrected chi connectivity index (χ3v) is 3.83. The van der Waals surface area contributed by atoms with Crippen LogP contribution in [-0.2, 0) is 19.5 Å². The Morgan fingerprint density at radius 3 is 2.62 bits per heavy atom. The van der Waals surface area contributed by atoms with E-state index in [1.807, 2.05) is 49.5 Å². The Morgan fingerprint density at radius 1 is 1.19 bits per heavy atom. The van der Waals surface area contributed by atoms with Gasteiger partial charge in [-0.15, -0.1) is 11.6 Å². The first-order valence-electron chi connectivity index (χ1n) is 6.80. The second kappa shape index (κ2) is 5.74. The second-order valence-electron chi connectivity index (χ2n) is 5.16. The molecule has 0 bridgehead atoms. The maximum absolute atomic E-state index is 6.01. The minimum atomic E-state index is 0.472. The van der Waals surface area contributed by atoms with E-state index in [2.05, 4.69) is 27.1 Å². The van der Waals surface area contributed by atoms with Crippen molar-refractivity contribution < 1.29 is 0 Å². The van der Waals surface area contributed by atoms with Crippen molar-refractivity contribution in [1.29, 1.82) is 0 Å². The summed E-state index contributed by atoms with van der Waals surface area (Å²) in [6.45, 7) is 0.769. The molecule has 108 valence electrons. The summed E-state index contributed by atoms with van der Waals surface area (Å²) in [5.74, 6) is 1.43. The number of hydrogen-bond donors (Lipinski definition) is 0. The number of aromatic nitrogens is 3. The van der Waals surface area contributed by atoms with E-state index in [0.29, 0.717) is 5.88 Å². The number of fused-ring (bicyclic) bond motifs is 1. The molecule has 0 amide bonds. The molecule has 0 aliphatic carbocycles. The summed E-state index contributed by atoms with van der Waals surface area (Å²) in [6, 6.07) is 8.25. The maximum Gasteiger partial charge on any atom is 0.136 e. The molecule has 2 aromatic heterocycles. The molecule has 0 saturated heterocycles. The standard InChI is InChI=1S/C16H17ClN4/c1-20(10-12-8-19-21(2)11-12)16-15-6-4-3-5-14(15)13(7-17)9-18-16/h3-6,8-9,11H,7,10H2,1-2H3. The zero-order valence-corrected chi connectivity index (χ0v) is 12.9. The zero-order chi connectivity index (χ0) is 14.8. The molecular weight excluding hydrogens is 284 g/mol. The van der Waals surface area contributed by atoms with Crippen LogP contribution in [0.25, 0.3) is 10.8 Å². The van der Waals surface area contributed by atoms with Gasteiger partial charge in [0.2, 0.25) is 0 Å². The van der Waals surface area contributed by atoms with Crippen molar-refractivity contribution in [2.45, 2.75) is 12.4 Å². The highest BCUT2D eigenvalue weighted by atomic mass is 35.5. The highest BCUT2D eigenvalue weighted by molar-refractivity contribution is 6.18. The molecular formula is C16H17ClN4. The number of hydrogen-bond acceptors (Lipinski definition) is 3. The quantitative estimate of drug-likeness (QED) is 0.693. The summed E-state index contributed by atoms with van der Waals surface area (Å²) < 4.78 is 1.81. The first-order valence-corrected chi connectivity index (χ1v) is 7.33. The van der Waals surface area contributed by atoms with E-state index >= 15 is 0 Å². The molecule has 3 aromatic rings. The third kappa shape index (κ3) is 2.72. The average Bonchev–Trinajstić information content (AvgIpc) is 2.91. The van der Waals surface area contributed by atoms with E-state index in [0.717, 1.165) is 34.3 Å². The van der Waals surface area contributed by atoms with E-state index in [1.165, 1.54) is 0 Å². The topological polar surface area (TPSA) is 34.0 Å². The lowest BCUT2D eigenvalue weighted by atomic mass is 10.1. The van der Waals surface area contributed by atoms with Crippen molar-refractivity contribution in [2.24, 2.45) is 7.05 Å². The van der Waals surface area contributed by atoms with Crippen LogP contribution in [0.5, 0.6) is 0 Å². The molecule has 21 heavy (non-hydrogen) atoms. The normalized spacial score (nSPS) is 11.0. The minimum Gasteiger partial charge on any atom is -0.355 e. The Balaban J connectivity index is 2.00. The van der Waals surface area contributed by atoms with Crippen molar-refractivity contribution >= 4 is 28.2 Å². The molecule has 0 fully saturated rings. The molecule has 0 aliphatic rings. The van der Waals surface area contributed by atoms with Crippen molar-refractivity contribution in [3.63, 3.8) is 0 Å². The number of nitrogens with zero attached hydrogens (tertiary/aromatic N) is 4. The Hall–Kier alpha value is -2.07. The van der Waals surface area contributed by atoms with Crippen LogP contribution in [0.3, 0.4) is 0 Å². The highest BCUT2D eigenvalue weighted by Crippen LogP contribution is 2.28. The van der Waals surface area contributed by atoms with Crippen molar-refractivity contribution in [2.75, 3.05) is 11.9 Å². The number of benzene rings is 1. The minimum absolute atomic E-state index is 0.472. The largest absolute Gasteiger partial charge is 0.355 e. The van der Waals surface area contributed by atoms with E-state index in [1.54, 1.807) is 0 Å². The van der Waals surface area contributed by atoms with Crippen LogP contribution < -0.4 is 4.90 Å². The number of halogens is 1. The van der Waals surface area contributed by atoms with Gasteiger partial charge in [-0.2, -0.15) is 5.10 Å². The van der Waals surface area contributed by atoms with Gasteiger partial charge in [0.1, 0.15) is 5.82 Å². The molecule has 0 spiro atoms. The number of pyridine rings is 1. The highest BCUT2D eigenvalue weighted by Gasteiger charge is 2.11. The zero-order valence-electron chi connectivity index (χ0n) is 12.1. The van der Waals surface area contributed by atoms with Crippen molar-refractivity contribution in [1.82, 2.24) is 14.8 Å². The second-order valence-corrected chi connectivity index (χ2v) is 5.43. The Morgan fingerprint density at radius 2 is 1.95 bits per heavy atom. The molecule has 3 rings (SSSR count). The Bertz CT molecular complexity index is 766. The fourth-order valence-corrected chi connectivity index (χ4v) is 2.76. The van der Waals surface area contributed by atoms with Crippen LogP contribution in [0.2, 0.25) is 0 Å². The van der Waals surface area contributed by atoms with Crippen LogP contribution in [0.15, 0.2) is 42.9 Å². The van der Waals surface area contributed by atoms with Crippen LogP contribution in [0.1, 0.15) is 11.1 Å². The molecule has 0 unspecified atom stereocenters. The smallest absolute Gasteiger partial charge is 0.136 e. The molecule has 5 heteroatoms. The molecule has 0 saturated carbocycles. The predicted molar refractivity (Wildman–Crippen MR) is 86.6 cm³/mol. The van der Waals surface area contributed by atoms with Gasteiger partial charge in [0.25, 0.3) is 0 Å². The molecule has 0 aliphatic heterocycles. The predicted octanol–water partition coefficient (Wildman–Crippen LogP) is 3.34. The first kappa shape index (κ1) is 13.9. The summed E-state index contributed by atoms with van der Waals surface area (Å²) in [5, 5.41) is 6.49. The van der Waals surface area contributed by atoms with E-state index in [9.17, 15) is 0 Å². The van der Waals surface area contributed by atoms with Gasteiger partial charge < -0.3 is 4.90 Å². The lowest BCUT2D eigenvalue weighted by Crippen LogP contribution is -2.18. The number of aryl methyl sites for hydroxylation is 1. The van der Waals surface area contributed by atoms with Gasteiger partial charge in [-0.1, -0.05) is 24.3 Å². The van der Waals surface area contributed by atoms with Crippen LogP contribution >= 0.6 is 11.6 Å². The number of alkyl halides is 1. The fourth-order valence-electron chi connectivity index (χ4n) is 2.55. The lowest BCUT2D eigenvalue weighted by Gasteiger charge is -2.20. The average molecular weight is 301 g/mol. The SMILES string of the molecule is CN(Cc1cnn(C)c1)c1ncc(CCl)c2ccccc12. The van der Waals surface area contributed by atoms with Gasteiger partial charge >= 0.3 is 0 Å². The number of anilines is 1. The molecule has 1 aromatic carbocycles. The van der Waals surface area contributed by atoms with Gasteiger partial charge in [-0.25, -0.2) is 4.98 Å². The van der Waals surface area contributed by atoms with Gasteiger partial charge in [0, 0.05) is 49.9 Å². The molecule has 2 heterocycles. The Labute approximate surface area is 129 Å². The summed E-state index contributed by atoms with van der Waals surface area (Å²) >= 11 is 6.01. The molecule has 0 N–H and O–H groups in total. The summed E-state index contributed by atoms with van der Waals surface area (Å²) in [4.78, 5) is 6.73. The summed E-state index contributed by atoms with van der Waals surface area (Å²) in [5.41, 5.74) is 2.22. The van der Waals surface area contributed by atoms with Gasteiger partial charge in [0.15, 0.2) is 0 Å². The molecule has 0 radical (unpaired) electrons.